The molecule has 2 heteroatoms. The van der Waals surface area contributed by atoms with Gasteiger partial charge in [-0.25, -0.2) is 0 Å². The van der Waals surface area contributed by atoms with E-state index >= 15 is 0 Å². The second-order valence-corrected chi connectivity index (χ2v) is 13.0. The van der Waals surface area contributed by atoms with E-state index in [1.54, 1.807) is 0 Å². The Balaban J connectivity index is 1.19. The summed E-state index contributed by atoms with van der Waals surface area (Å²) in [6.45, 7) is 0. The molecule has 0 bridgehead atoms. The molecule has 0 atom stereocenters. The van der Waals surface area contributed by atoms with Crippen LogP contribution in [0.4, 0.5) is 17.1 Å². The Morgan fingerprint density at radius 3 is 1.74 bits per heavy atom. The SMILES string of the molecule is c1ccc(-c2cccc(N(c3ccc(-n4c5ccccc5c5cc6ccccc6cc54)cc3)c3cc4ccccc4c4ccccc34)c2)cc1. The van der Waals surface area contributed by atoms with Crippen molar-refractivity contribution in [3.8, 4) is 16.8 Å². The molecule has 1 aromatic heterocycles. The standard InChI is InChI=1S/C48H32N2/c1-2-13-33(14-3-1)34-18-12-19-40(29-34)49(47-32-37-17-6-7-20-41(37)42-21-8-9-22-43(42)47)38-25-27-39(28-26-38)50-46-24-11-10-23-44(46)45-30-35-15-4-5-16-36(35)31-48(45)50/h1-32H. The van der Waals surface area contributed by atoms with Crippen molar-refractivity contribution in [2.24, 2.45) is 0 Å². The molecule has 0 radical (unpaired) electrons. The highest BCUT2D eigenvalue weighted by atomic mass is 15.1. The Morgan fingerprint density at radius 2 is 0.940 bits per heavy atom. The van der Waals surface area contributed by atoms with E-state index in [2.05, 4.69) is 204 Å². The molecule has 0 fully saturated rings. The number of benzene rings is 9. The van der Waals surface area contributed by atoms with Crippen molar-refractivity contribution in [2.45, 2.75) is 0 Å². The molecule has 0 saturated carbocycles. The Morgan fingerprint density at radius 1 is 0.320 bits per heavy atom. The van der Waals surface area contributed by atoms with Crippen molar-refractivity contribution in [2.75, 3.05) is 4.90 Å². The van der Waals surface area contributed by atoms with E-state index < -0.39 is 0 Å². The predicted octanol–water partition coefficient (Wildman–Crippen LogP) is 13.4. The number of hydrogen-bond acceptors (Lipinski definition) is 1. The van der Waals surface area contributed by atoms with Crippen molar-refractivity contribution in [3.63, 3.8) is 0 Å². The summed E-state index contributed by atoms with van der Waals surface area (Å²) in [6, 6.07) is 70.5. The lowest BCUT2D eigenvalue weighted by Gasteiger charge is -2.28. The molecule has 0 amide bonds. The molecule has 0 N–H and O–H groups in total. The van der Waals surface area contributed by atoms with Gasteiger partial charge in [0, 0.05) is 33.2 Å². The molecule has 0 saturated heterocycles. The topological polar surface area (TPSA) is 8.17 Å². The summed E-state index contributed by atoms with van der Waals surface area (Å²) in [4.78, 5) is 2.42. The Hall–Kier alpha value is -6.64. The van der Waals surface area contributed by atoms with Crippen LogP contribution in [-0.4, -0.2) is 4.57 Å². The zero-order valence-electron chi connectivity index (χ0n) is 27.4. The molecule has 0 unspecified atom stereocenters. The Bertz CT molecular complexity index is 2860. The largest absolute Gasteiger partial charge is 0.310 e. The fraction of sp³-hybridized carbons (Fsp3) is 0. The minimum absolute atomic E-state index is 1.10. The van der Waals surface area contributed by atoms with E-state index in [1.807, 2.05) is 0 Å². The van der Waals surface area contributed by atoms with Crippen LogP contribution in [-0.2, 0) is 0 Å². The molecule has 2 nitrogen and oxygen atoms in total. The maximum Gasteiger partial charge on any atom is 0.0547 e. The zero-order valence-corrected chi connectivity index (χ0v) is 27.4. The van der Waals surface area contributed by atoms with Gasteiger partial charge in [0.15, 0.2) is 0 Å². The number of hydrogen-bond donors (Lipinski definition) is 0. The first-order valence-corrected chi connectivity index (χ1v) is 17.2. The number of nitrogens with zero attached hydrogens (tertiary/aromatic N) is 2. The monoisotopic (exact) mass is 636 g/mol. The highest BCUT2D eigenvalue weighted by Crippen LogP contribution is 2.43. The number of para-hydroxylation sites is 1. The van der Waals surface area contributed by atoms with Gasteiger partial charge in [0.25, 0.3) is 0 Å². The summed E-state index contributed by atoms with van der Waals surface area (Å²) in [7, 11) is 0. The average Bonchev–Trinajstić information content (AvgIpc) is 3.51. The minimum Gasteiger partial charge on any atom is -0.310 e. The maximum absolute atomic E-state index is 2.42. The first-order valence-electron chi connectivity index (χ1n) is 17.2. The maximum atomic E-state index is 2.42. The molecule has 9 aromatic carbocycles. The molecule has 0 aliphatic carbocycles. The molecule has 234 valence electrons. The van der Waals surface area contributed by atoms with Gasteiger partial charge >= 0.3 is 0 Å². The Kier molecular flexibility index (Phi) is 6.53. The lowest BCUT2D eigenvalue weighted by atomic mass is 9.98. The van der Waals surface area contributed by atoms with Crippen LogP contribution in [0.1, 0.15) is 0 Å². The summed E-state index contributed by atoms with van der Waals surface area (Å²) in [6.07, 6.45) is 0. The van der Waals surface area contributed by atoms with Gasteiger partial charge in [-0.3, -0.25) is 0 Å². The van der Waals surface area contributed by atoms with Crippen LogP contribution in [0.25, 0.3) is 70.9 Å². The third-order valence-corrected chi connectivity index (χ3v) is 10.1. The van der Waals surface area contributed by atoms with Crippen LogP contribution >= 0.6 is 0 Å². The van der Waals surface area contributed by atoms with Crippen molar-refractivity contribution in [1.29, 1.82) is 0 Å². The first-order chi connectivity index (χ1) is 24.8. The smallest absolute Gasteiger partial charge is 0.0547 e. The molecule has 10 rings (SSSR count). The summed E-state index contributed by atoms with van der Waals surface area (Å²) >= 11 is 0. The second kappa shape index (κ2) is 11.5. The van der Waals surface area contributed by atoms with E-state index in [0.717, 1.165) is 22.7 Å². The van der Waals surface area contributed by atoms with Crippen LogP contribution in [0.15, 0.2) is 194 Å². The molecule has 50 heavy (non-hydrogen) atoms. The van der Waals surface area contributed by atoms with Crippen LogP contribution < -0.4 is 4.90 Å². The third-order valence-electron chi connectivity index (χ3n) is 10.1. The quantitative estimate of drug-likeness (QED) is 0.171. The van der Waals surface area contributed by atoms with Crippen molar-refractivity contribution in [1.82, 2.24) is 4.57 Å². The van der Waals surface area contributed by atoms with E-state index in [4.69, 9.17) is 0 Å². The molecular formula is C48H32N2. The van der Waals surface area contributed by atoms with Gasteiger partial charge in [0.2, 0.25) is 0 Å². The first kappa shape index (κ1) is 28.4. The summed E-state index contributed by atoms with van der Waals surface area (Å²) < 4.78 is 2.41. The average molecular weight is 637 g/mol. The van der Waals surface area contributed by atoms with Crippen LogP contribution in [0, 0.1) is 0 Å². The van der Waals surface area contributed by atoms with Crippen molar-refractivity contribution in [3.05, 3.63) is 194 Å². The second-order valence-electron chi connectivity index (χ2n) is 13.0. The number of anilines is 3. The van der Waals surface area contributed by atoms with Crippen LogP contribution in [0.3, 0.4) is 0 Å². The molecule has 0 aliphatic heterocycles. The zero-order chi connectivity index (χ0) is 33.0. The van der Waals surface area contributed by atoms with E-state index in [9.17, 15) is 0 Å². The highest BCUT2D eigenvalue weighted by Gasteiger charge is 2.19. The van der Waals surface area contributed by atoms with Crippen molar-refractivity contribution < 1.29 is 0 Å². The van der Waals surface area contributed by atoms with Crippen molar-refractivity contribution >= 4 is 71.2 Å². The normalized spacial score (nSPS) is 11.6. The number of fused-ring (bicyclic) bond motifs is 7. The number of aromatic nitrogens is 1. The van der Waals surface area contributed by atoms with Gasteiger partial charge in [0.05, 0.1) is 16.7 Å². The summed E-state index contributed by atoms with van der Waals surface area (Å²) in [5.74, 6) is 0. The van der Waals surface area contributed by atoms with Gasteiger partial charge in [-0.2, -0.15) is 0 Å². The predicted molar refractivity (Wildman–Crippen MR) is 213 cm³/mol. The molecular weight excluding hydrogens is 605 g/mol. The summed E-state index contributed by atoms with van der Waals surface area (Å²) in [5, 5.41) is 9.99. The number of rotatable bonds is 5. The van der Waals surface area contributed by atoms with Gasteiger partial charge in [-0.1, -0.05) is 133 Å². The highest BCUT2D eigenvalue weighted by molar-refractivity contribution is 6.15. The lowest BCUT2D eigenvalue weighted by Crippen LogP contribution is -2.11. The van der Waals surface area contributed by atoms with E-state index in [1.165, 1.54) is 65.3 Å². The molecule has 10 aromatic rings. The van der Waals surface area contributed by atoms with Gasteiger partial charge in [-0.15, -0.1) is 0 Å². The summed E-state index contributed by atoms with van der Waals surface area (Å²) in [5.41, 5.74) is 9.31. The fourth-order valence-corrected chi connectivity index (χ4v) is 7.79. The molecule has 0 spiro atoms. The van der Waals surface area contributed by atoms with Crippen LogP contribution in [0.2, 0.25) is 0 Å². The van der Waals surface area contributed by atoms with Gasteiger partial charge < -0.3 is 9.47 Å². The third kappa shape index (κ3) is 4.57. The van der Waals surface area contributed by atoms with E-state index in [-0.39, 0.29) is 0 Å². The molecule has 1 heterocycles. The molecule has 0 aliphatic rings. The van der Waals surface area contributed by atoms with Gasteiger partial charge in [0.1, 0.15) is 0 Å². The van der Waals surface area contributed by atoms with Gasteiger partial charge in [-0.05, 0) is 98.7 Å². The lowest BCUT2D eigenvalue weighted by molar-refractivity contribution is 1.18. The Labute approximate surface area is 290 Å². The van der Waals surface area contributed by atoms with Crippen LogP contribution in [0.5, 0.6) is 0 Å². The minimum atomic E-state index is 1.10. The van der Waals surface area contributed by atoms with E-state index in [0.29, 0.717) is 0 Å². The fourth-order valence-electron chi connectivity index (χ4n) is 7.79.